The molecule has 0 atom stereocenters. The first-order valence-corrected chi connectivity index (χ1v) is 11.6. The number of hydrogen-bond acceptors (Lipinski definition) is 6. The van der Waals surface area contributed by atoms with Crippen LogP contribution in [-0.4, -0.2) is 33.1 Å². The normalized spacial score (nSPS) is 11.3. The van der Waals surface area contributed by atoms with E-state index in [0.717, 1.165) is 4.47 Å². The summed E-state index contributed by atoms with van der Waals surface area (Å²) in [5.41, 5.74) is 3.30. The minimum absolute atomic E-state index is 0.0669. The van der Waals surface area contributed by atoms with Gasteiger partial charge in [-0.15, -0.1) is 0 Å². The van der Waals surface area contributed by atoms with Gasteiger partial charge in [-0.25, -0.2) is 23.4 Å². The maximum Gasteiger partial charge on any atom is 0.343 e. The van der Waals surface area contributed by atoms with Crippen molar-refractivity contribution < 1.29 is 22.7 Å². The van der Waals surface area contributed by atoms with Crippen molar-refractivity contribution >= 4 is 44.0 Å². The van der Waals surface area contributed by atoms with E-state index in [0.29, 0.717) is 16.9 Å². The number of amides is 1. The highest BCUT2D eigenvalue weighted by Crippen LogP contribution is 2.15. The second kappa shape index (κ2) is 10.8. The summed E-state index contributed by atoms with van der Waals surface area (Å²) in [6.07, 6.45) is 1.38. The van der Waals surface area contributed by atoms with Crippen molar-refractivity contribution in [2.24, 2.45) is 5.10 Å². The predicted molar refractivity (Wildman–Crippen MR) is 123 cm³/mol. The molecule has 3 rings (SSSR count). The van der Waals surface area contributed by atoms with Crippen LogP contribution < -0.4 is 14.9 Å². The quantitative estimate of drug-likeness (QED) is 0.207. The minimum Gasteiger partial charge on any atom is -0.423 e. The molecule has 0 aliphatic carbocycles. The fourth-order valence-corrected chi connectivity index (χ4v) is 3.70. The third kappa shape index (κ3) is 6.84. The molecule has 32 heavy (non-hydrogen) atoms. The molecular weight excluding hydrogens is 498 g/mol. The second-order valence-corrected chi connectivity index (χ2v) is 9.08. The summed E-state index contributed by atoms with van der Waals surface area (Å²) in [5.74, 6) is -0.751. The number of sulfonamides is 1. The van der Waals surface area contributed by atoms with Crippen molar-refractivity contribution in [3.8, 4) is 5.75 Å². The molecule has 0 saturated heterocycles. The zero-order valence-electron chi connectivity index (χ0n) is 16.6. The number of carbonyl (C=O) groups excluding carboxylic acids is 2. The van der Waals surface area contributed by atoms with Gasteiger partial charge in [0, 0.05) is 4.47 Å². The molecule has 10 heteroatoms. The summed E-state index contributed by atoms with van der Waals surface area (Å²) in [4.78, 5) is 24.0. The Hall–Kier alpha value is -3.34. The maximum atomic E-state index is 12.1. The van der Waals surface area contributed by atoms with E-state index in [4.69, 9.17) is 4.74 Å². The highest BCUT2D eigenvalue weighted by Gasteiger charge is 2.14. The predicted octanol–water partition coefficient (Wildman–Crippen LogP) is 3.10. The third-order valence-electron chi connectivity index (χ3n) is 4.05. The molecule has 0 saturated carbocycles. The van der Waals surface area contributed by atoms with E-state index in [2.05, 4.69) is 31.2 Å². The molecule has 0 aliphatic rings. The Labute approximate surface area is 193 Å². The molecule has 3 aromatic rings. The van der Waals surface area contributed by atoms with Crippen LogP contribution in [0.1, 0.15) is 15.9 Å². The summed E-state index contributed by atoms with van der Waals surface area (Å²) >= 11 is 3.30. The van der Waals surface area contributed by atoms with Crippen molar-refractivity contribution in [2.45, 2.75) is 4.90 Å². The molecule has 0 heterocycles. The summed E-state index contributed by atoms with van der Waals surface area (Å²) in [7, 11) is -3.78. The lowest BCUT2D eigenvalue weighted by Gasteiger charge is -2.06. The number of esters is 1. The zero-order valence-corrected chi connectivity index (χ0v) is 19.0. The van der Waals surface area contributed by atoms with E-state index in [1.54, 1.807) is 66.7 Å². The van der Waals surface area contributed by atoms with E-state index in [9.17, 15) is 18.0 Å². The van der Waals surface area contributed by atoms with Crippen LogP contribution in [0.4, 0.5) is 0 Å². The Kier molecular flexibility index (Phi) is 7.87. The lowest BCUT2D eigenvalue weighted by Crippen LogP contribution is -2.34. The first kappa shape index (κ1) is 23.3. The van der Waals surface area contributed by atoms with Gasteiger partial charge in [0.1, 0.15) is 5.75 Å². The van der Waals surface area contributed by atoms with Crippen LogP contribution in [0.3, 0.4) is 0 Å². The first-order chi connectivity index (χ1) is 15.3. The summed E-state index contributed by atoms with van der Waals surface area (Å²) in [6.45, 7) is -0.459. The standard InChI is InChI=1S/C22H18BrN3O5S/c23-18-10-8-17(9-11-18)22(28)31-19-12-6-16(7-13-19)14-24-26-21(27)15-25-32(29,30)20-4-2-1-3-5-20/h1-14,25H,15H2,(H,26,27)/b24-14+. The van der Waals surface area contributed by atoms with Crippen LogP contribution in [0, 0.1) is 0 Å². The van der Waals surface area contributed by atoms with E-state index < -0.39 is 28.4 Å². The van der Waals surface area contributed by atoms with Crippen molar-refractivity contribution in [3.05, 3.63) is 94.5 Å². The van der Waals surface area contributed by atoms with Gasteiger partial charge in [0.25, 0.3) is 5.91 Å². The Morgan fingerprint density at radius 3 is 2.25 bits per heavy atom. The minimum atomic E-state index is -3.78. The van der Waals surface area contributed by atoms with Crippen molar-refractivity contribution in [1.82, 2.24) is 10.1 Å². The topological polar surface area (TPSA) is 114 Å². The smallest absolute Gasteiger partial charge is 0.343 e. The van der Waals surface area contributed by atoms with Crippen LogP contribution in [-0.2, 0) is 14.8 Å². The summed E-state index contributed by atoms with van der Waals surface area (Å²) < 4.78 is 32.5. The highest BCUT2D eigenvalue weighted by molar-refractivity contribution is 9.10. The van der Waals surface area contributed by atoms with Crippen LogP contribution in [0.15, 0.2) is 93.3 Å². The summed E-state index contributed by atoms with van der Waals surface area (Å²) in [6, 6.07) is 21.0. The Balaban J connectivity index is 1.47. The van der Waals surface area contributed by atoms with Gasteiger partial charge in [-0.1, -0.05) is 34.1 Å². The highest BCUT2D eigenvalue weighted by atomic mass is 79.9. The molecule has 0 radical (unpaired) electrons. The molecule has 8 nitrogen and oxygen atoms in total. The molecule has 3 aromatic carbocycles. The molecule has 0 aromatic heterocycles. The van der Waals surface area contributed by atoms with Crippen molar-refractivity contribution in [3.63, 3.8) is 0 Å². The average molecular weight is 516 g/mol. The van der Waals surface area contributed by atoms with Crippen LogP contribution in [0.5, 0.6) is 5.75 Å². The lowest BCUT2D eigenvalue weighted by molar-refractivity contribution is -0.119. The number of ether oxygens (including phenoxy) is 1. The number of halogens is 1. The number of hydrogen-bond donors (Lipinski definition) is 2. The van der Waals surface area contributed by atoms with Gasteiger partial charge in [0.15, 0.2) is 0 Å². The fourth-order valence-electron chi connectivity index (χ4n) is 2.44. The van der Waals surface area contributed by atoms with Crippen molar-refractivity contribution in [1.29, 1.82) is 0 Å². The molecule has 164 valence electrons. The van der Waals surface area contributed by atoms with Gasteiger partial charge in [-0.05, 0) is 66.2 Å². The average Bonchev–Trinajstić information content (AvgIpc) is 2.80. The number of hydrazone groups is 1. The van der Waals surface area contributed by atoms with Crippen molar-refractivity contribution in [2.75, 3.05) is 6.54 Å². The van der Waals surface area contributed by atoms with Gasteiger partial charge in [-0.2, -0.15) is 5.10 Å². The van der Waals surface area contributed by atoms with Crippen LogP contribution in [0.25, 0.3) is 0 Å². The number of rotatable bonds is 8. The lowest BCUT2D eigenvalue weighted by atomic mass is 10.2. The van der Waals surface area contributed by atoms with Crippen LogP contribution in [0.2, 0.25) is 0 Å². The van der Waals surface area contributed by atoms with Gasteiger partial charge in [-0.3, -0.25) is 4.79 Å². The Morgan fingerprint density at radius 2 is 1.59 bits per heavy atom. The SMILES string of the molecule is O=C(CNS(=O)(=O)c1ccccc1)N/N=C/c1ccc(OC(=O)c2ccc(Br)cc2)cc1. The molecule has 1 amide bonds. The molecule has 0 spiro atoms. The van der Waals surface area contributed by atoms with E-state index in [-0.39, 0.29) is 4.90 Å². The van der Waals surface area contributed by atoms with Gasteiger partial charge in [0.2, 0.25) is 10.0 Å². The Bertz CT molecular complexity index is 1210. The summed E-state index contributed by atoms with van der Waals surface area (Å²) in [5, 5.41) is 3.79. The zero-order chi connectivity index (χ0) is 23.0. The largest absolute Gasteiger partial charge is 0.423 e. The third-order valence-corrected chi connectivity index (χ3v) is 6.00. The van der Waals surface area contributed by atoms with Gasteiger partial charge in [0.05, 0.1) is 23.2 Å². The monoisotopic (exact) mass is 515 g/mol. The van der Waals surface area contributed by atoms with E-state index in [1.165, 1.54) is 18.3 Å². The first-order valence-electron chi connectivity index (χ1n) is 9.28. The molecule has 0 bridgehead atoms. The molecular formula is C22H18BrN3O5S. The Morgan fingerprint density at radius 1 is 0.938 bits per heavy atom. The second-order valence-electron chi connectivity index (χ2n) is 6.40. The molecule has 0 fully saturated rings. The van der Waals surface area contributed by atoms with Crippen LogP contribution >= 0.6 is 15.9 Å². The van der Waals surface area contributed by atoms with E-state index >= 15 is 0 Å². The molecule has 0 unspecified atom stereocenters. The van der Waals surface area contributed by atoms with E-state index in [1.807, 2.05) is 0 Å². The van der Waals surface area contributed by atoms with Gasteiger partial charge < -0.3 is 4.74 Å². The van der Waals surface area contributed by atoms with Gasteiger partial charge >= 0.3 is 5.97 Å². The fraction of sp³-hybridized carbons (Fsp3) is 0.0455. The molecule has 0 aliphatic heterocycles. The maximum absolute atomic E-state index is 12.1. The number of carbonyl (C=O) groups is 2. The number of nitrogens with zero attached hydrogens (tertiary/aromatic N) is 1. The molecule has 2 N–H and O–H groups in total. The number of benzene rings is 3. The number of nitrogens with one attached hydrogen (secondary N) is 2.